The fourth-order valence-corrected chi connectivity index (χ4v) is 4.53. The van der Waals surface area contributed by atoms with Gasteiger partial charge in [-0.1, -0.05) is 0 Å². The second-order valence-electron chi connectivity index (χ2n) is 8.33. The SMILES string of the molecule is C[C@@H](O)[C@H]1C(=O)N2C(C(=O)OCOC(=O)C(C)(C)C)=C(c3cc(CN)cs3)C[C@H]12. The highest BCUT2D eigenvalue weighted by atomic mass is 32.1. The predicted octanol–water partition coefficient (Wildman–Crippen LogP) is 1.62. The van der Waals surface area contributed by atoms with Crippen LogP contribution in [0.3, 0.4) is 0 Å². The smallest absolute Gasteiger partial charge is 0.358 e. The van der Waals surface area contributed by atoms with E-state index in [-0.39, 0.29) is 17.6 Å². The number of thiophene rings is 1. The Morgan fingerprint density at radius 2 is 2.07 bits per heavy atom. The summed E-state index contributed by atoms with van der Waals surface area (Å²) in [5.41, 5.74) is 6.73. The van der Waals surface area contributed by atoms with E-state index >= 15 is 0 Å². The minimum Gasteiger partial charge on any atom is -0.427 e. The Balaban J connectivity index is 1.82. The summed E-state index contributed by atoms with van der Waals surface area (Å²) >= 11 is 1.44. The molecule has 1 saturated heterocycles. The van der Waals surface area contributed by atoms with Gasteiger partial charge in [0.1, 0.15) is 5.70 Å². The van der Waals surface area contributed by atoms with E-state index in [0.29, 0.717) is 18.5 Å². The van der Waals surface area contributed by atoms with Gasteiger partial charge in [0.15, 0.2) is 0 Å². The third-order valence-corrected chi connectivity index (χ3v) is 6.14. The highest BCUT2D eigenvalue weighted by Crippen LogP contribution is 2.48. The molecule has 1 aromatic rings. The molecule has 8 nitrogen and oxygen atoms in total. The van der Waals surface area contributed by atoms with Gasteiger partial charge in [0, 0.05) is 17.0 Å². The number of carbonyl (C=O) groups excluding carboxylic acids is 3. The van der Waals surface area contributed by atoms with Crippen LogP contribution in [0, 0.1) is 11.3 Å². The molecule has 158 valence electrons. The number of carbonyl (C=O) groups is 3. The summed E-state index contributed by atoms with van der Waals surface area (Å²) in [6.07, 6.45) is -0.367. The molecule has 2 aliphatic rings. The number of nitrogens with two attached hydrogens (primary N) is 1. The lowest BCUT2D eigenvalue weighted by Gasteiger charge is -2.44. The predicted molar refractivity (Wildman–Crippen MR) is 106 cm³/mol. The first kappa shape index (κ1) is 21.5. The van der Waals surface area contributed by atoms with Crippen molar-refractivity contribution in [1.29, 1.82) is 0 Å². The van der Waals surface area contributed by atoms with E-state index in [9.17, 15) is 19.5 Å². The van der Waals surface area contributed by atoms with Crippen molar-refractivity contribution in [3.63, 3.8) is 0 Å². The van der Waals surface area contributed by atoms with Gasteiger partial charge in [-0.25, -0.2) is 4.79 Å². The standard InChI is InChI=1S/C20H26N2O6S/c1-10(23)15-13-6-12(14-5-11(7-21)8-29-14)16(22(13)17(15)24)18(25)27-9-28-19(26)20(2,3)4/h5,8,10,13,15,23H,6-7,9,21H2,1-4H3/t10-,13-,15-/m1/s1. The molecule has 2 aliphatic heterocycles. The number of β-lactam (4-membered cyclic amide) rings is 1. The number of rotatable bonds is 6. The van der Waals surface area contributed by atoms with Crippen LogP contribution in [0.15, 0.2) is 17.1 Å². The maximum Gasteiger partial charge on any atom is 0.358 e. The van der Waals surface area contributed by atoms with Gasteiger partial charge in [0.2, 0.25) is 12.7 Å². The van der Waals surface area contributed by atoms with Gasteiger partial charge in [-0.3, -0.25) is 9.59 Å². The van der Waals surface area contributed by atoms with Crippen LogP contribution < -0.4 is 5.73 Å². The number of hydrogen-bond acceptors (Lipinski definition) is 8. The first-order valence-electron chi connectivity index (χ1n) is 9.42. The summed E-state index contributed by atoms with van der Waals surface area (Å²) in [5, 5.41) is 11.8. The van der Waals surface area contributed by atoms with Crippen molar-refractivity contribution in [2.24, 2.45) is 17.1 Å². The summed E-state index contributed by atoms with van der Waals surface area (Å²) in [5.74, 6) is -2.09. The molecule has 0 spiro atoms. The molecule has 3 N–H and O–H groups in total. The number of esters is 2. The fourth-order valence-electron chi connectivity index (χ4n) is 3.54. The molecule has 9 heteroatoms. The quantitative estimate of drug-likeness (QED) is 0.406. The lowest BCUT2D eigenvalue weighted by atomic mass is 9.83. The first-order chi connectivity index (χ1) is 13.6. The third kappa shape index (κ3) is 3.94. The first-order valence-corrected chi connectivity index (χ1v) is 10.3. The van der Waals surface area contributed by atoms with E-state index < -0.39 is 36.2 Å². The normalized spacial score (nSPS) is 22.3. The number of hydrogen-bond donors (Lipinski definition) is 2. The molecule has 0 bridgehead atoms. The number of fused-ring (bicyclic) bond motifs is 1. The Morgan fingerprint density at radius 3 is 2.62 bits per heavy atom. The zero-order chi connectivity index (χ0) is 21.5. The molecule has 3 heterocycles. The molecule has 0 saturated carbocycles. The Kier molecular flexibility index (Phi) is 5.84. The van der Waals surface area contributed by atoms with Crippen molar-refractivity contribution in [3.8, 4) is 0 Å². The largest absolute Gasteiger partial charge is 0.427 e. The van der Waals surface area contributed by atoms with Crippen molar-refractivity contribution >= 4 is 34.8 Å². The van der Waals surface area contributed by atoms with Gasteiger partial charge in [0.05, 0.1) is 23.5 Å². The topological polar surface area (TPSA) is 119 Å². The third-order valence-electron chi connectivity index (χ3n) is 5.10. The van der Waals surface area contributed by atoms with Gasteiger partial charge >= 0.3 is 11.9 Å². The van der Waals surface area contributed by atoms with E-state index in [0.717, 1.165) is 10.4 Å². The molecule has 0 aromatic carbocycles. The maximum absolute atomic E-state index is 12.8. The Bertz CT molecular complexity index is 867. The van der Waals surface area contributed by atoms with Crippen LogP contribution in [0.1, 0.15) is 44.6 Å². The molecular formula is C20H26N2O6S. The molecule has 0 unspecified atom stereocenters. The summed E-state index contributed by atoms with van der Waals surface area (Å²) < 4.78 is 10.2. The molecule has 1 fully saturated rings. The van der Waals surface area contributed by atoms with Crippen LogP contribution in [-0.2, 0) is 30.4 Å². The molecule has 3 rings (SSSR count). The van der Waals surface area contributed by atoms with Crippen molar-refractivity contribution in [2.45, 2.75) is 52.8 Å². The number of ether oxygens (including phenoxy) is 2. The monoisotopic (exact) mass is 422 g/mol. The Morgan fingerprint density at radius 1 is 1.38 bits per heavy atom. The van der Waals surface area contributed by atoms with Gasteiger partial charge in [-0.05, 0) is 51.1 Å². The van der Waals surface area contributed by atoms with Crippen molar-refractivity contribution in [1.82, 2.24) is 4.90 Å². The van der Waals surface area contributed by atoms with Gasteiger partial charge in [0.25, 0.3) is 0 Å². The van der Waals surface area contributed by atoms with Crippen LogP contribution in [-0.4, -0.2) is 46.8 Å². The molecule has 3 atom stereocenters. The Labute approximate surface area is 173 Å². The van der Waals surface area contributed by atoms with E-state index in [2.05, 4.69) is 0 Å². The van der Waals surface area contributed by atoms with Gasteiger partial charge in [-0.15, -0.1) is 11.3 Å². The fraction of sp³-hybridized carbons (Fsp3) is 0.550. The summed E-state index contributed by atoms with van der Waals surface area (Å²) in [6, 6.07) is 1.60. The van der Waals surface area contributed by atoms with Crippen LogP contribution >= 0.6 is 11.3 Å². The molecular weight excluding hydrogens is 396 g/mol. The minimum absolute atomic E-state index is 0.147. The number of aliphatic hydroxyl groups is 1. The van der Waals surface area contributed by atoms with Crippen molar-refractivity contribution in [3.05, 3.63) is 27.6 Å². The lowest BCUT2D eigenvalue weighted by molar-refractivity contribution is -0.175. The van der Waals surface area contributed by atoms with E-state index in [1.807, 2.05) is 11.4 Å². The van der Waals surface area contributed by atoms with E-state index in [1.54, 1.807) is 27.7 Å². The number of aliphatic hydroxyl groups excluding tert-OH is 1. The molecule has 1 aromatic heterocycles. The molecule has 1 amide bonds. The van der Waals surface area contributed by atoms with Crippen LogP contribution in [0.2, 0.25) is 0 Å². The Hall–Kier alpha value is -2.23. The van der Waals surface area contributed by atoms with Crippen molar-refractivity contribution < 1.29 is 29.0 Å². The highest BCUT2D eigenvalue weighted by Gasteiger charge is 2.57. The van der Waals surface area contributed by atoms with E-state index in [4.69, 9.17) is 15.2 Å². The second kappa shape index (κ2) is 7.89. The molecule has 0 aliphatic carbocycles. The average Bonchev–Trinajstić information content (AvgIpc) is 3.22. The van der Waals surface area contributed by atoms with Crippen LogP contribution in [0.5, 0.6) is 0 Å². The van der Waals surface area contributed by atoms with Gasteiger partial charge < -0.3 is 25.2 Å². The zero-order valence-electron chi connectivity index (χ0n) is 16.9. The van der Waals surface area contributed by atoms with E-state index in [1.165, 1.54) is 16.2 Å². The average molecular weight is 423 g/mol. The number of nitrogens with zero attached hydrogens (tertiary/aromatic N) is 1. The summed E-state index contributed by atoms with van der Waals surface area (Å²) in [4.78, 5) is 39.5. The highest BCUT2D eigenvalue weighted by molar-refractivity contribution is 7.11. The molecule has 29 heavy (non-hydrogen) atoms. The minimum atomic E-state index is -0.809. The maximum atomic E-state index is 12.8. The van der Waals surface area contributed by atoms with Gasteiger partial charge in [-0.2, -0.15) is 0 Å². The zero-order valence-corrected chi connectivity index (χ0v) is 17.7. The number of amides is 1. The van der Waals surface area contributed by atoms with Crippen molar-refractivity contribution in [2.75, 3.05) is 6.79 Å². The van der Waals surface area contributed by atoms with Crippen LogP contribution in [0.4, 0.5) is 0 Å². The summed E-state index contributed by atoms with van der Waals surface area (Å²) in [7, 11) is 0. The van der Waals surface area contributed by atoms with Crippen LogP contribution in [0.25, 0.3) is 5.57 Å². The lowest BCUT2D eigenvalue weighted by Crippen LogP contribution is -2.61. The molecule has 0 radical (unpaired) electrons. The second-order valence-corrected chi connectivity index (χ2v) is 9.24. The summed E-state index contributed by atoms with van der Waals surface area (Å²) in [6.45, 7) is 6.49.